The fraction of sp³-hybridized carbons (Fsp3) is 0.500. The molecule has 1 aromatic carbocycles. The first-order chi connectivity index (χ1) is 8.74. The number of hydrogen-bond donors (Lipinski definition) is 0. The maximum absolute atomic E-state index is 11.9. The van der Waals surface area contributed by atoms with Gasteiger partial charge in [-0.05, 0) is 25.0 Å². The average molecular weight is 247 g/mol. The molecule has 3 rings (SSSR count). The van der Waals surface area contributed by atoms with Gasteiger partial charge in [0.25, 0.3) is 0 Å². The lowest BCUT2D eigenvalue weighted by molar-refractivity contribution is -0.132. The fourth-order valence-corrected chi connectivity index (χ4v) is 2.19. The molecule has 4 heteroatoms. The summed E-state index contributed by atoms with van der Waals surface area (Å²) < 4.78 is 11.5. The van der Waals surface area contributed by atoms with Crippen LogP contribution in [0.25, 0.3) is 0 Å². The molecule has 2 aliphatic rings. The minimum Gasteiger partial charge on any atom is -0.486 e. The minimum absolute atomic E-state index is 0.0763. The van der Waals surface area contributed by atoms with E-state index in [2.05, 4.69) is 0 Å². The fourth-order valence-electron chi connectivity index (χ4n) is 2.19. The Morgan fingerprint density at radius 1 is 1.33 bits per heavy atom. The zero-order valence-electron chi connectivity index (χ0n) is 10.5. The second-order valence-electron chi connectivity index (χ2n) is 4.99. The van der Waals surface area contributed by atoms with Crippen molar-refractivity contribution >= 4 is 5.91 Å². The minimum atomic E-state index is -0.0763. The van der Waals surface area contributed by atoms with Gasteiger partial charge in [0.15, 0.2) is 17.6 Å². The Balaban J connectivity index is 1.60. The van der Waals surface area contributed by atoms with Crippen LogP contribution in [0.15, 0.2) is 24.3 Å². The summed E-state index contributed by atoms with van der Waals surface area (Å²) in [7, 11) is 1.84. The summed E-state index contributed by atoms with van der Waals surface area (Å²) in [6, 6.07) is 7.63. The molecule has 96 valence electrons. The monoisotopic (exact) mass is 247 g/mol. The number of ether oxygens (including phenoxy) is 2. The first-order valence-corrected chi connectivity index (χ1v) is 6.37. The SMILES string of the molecule is CN(CC1COc2ccccc2O1)C(=O)C1CC1. The normalized spacial score (nSPS) is 21.5. The summed E-state index contributed by atoms with van der Waals surface area (Å²) in [5, 5.41) is 0. The van der Waals surface area contributed by atoms with Gasteiger partial charge in [-0.3, -0.25) is 4.79 Å². The Morgan fingerprint density at radius 2 is 2.06 bits per heavy atom. The van der Waals surface area contributed by atoms with E-state index in [1.54, 1.807) is 4.90 Å². The number of likely N-dealkylation sites (N-methyl/N-ethyl adjacent to an activating group) is 1. The maximum atomic E-state index is 11.9. The lowest BCUT2D eigenvalue weighted by Crippen LogP contribution is -2.42. The van der Waals surface area contributed by atoms with Crippen molar-refractivity contribution in [3.8, 4) is 11.5 Å². The van der Waals surface area contributed by atoms with Crippen molar-refractivity contribution in [2.45, 2.75) is 18.9 Å². The van der Waals surface area contributed by atoms with Gasteiger partial charge in [-0.1, -0.05) is 12.1 Å². The van der Waals surface area contributed by atoms with Crippen molar-refractivity contribution in [3.63, 3.8) is 0 Å². The summed E-state index contributed by atoms with van der Waals surface area (Å²) in [6.45, 7) is 1.09. The summed E-state index contributed by atoms with van der Waals surface area (Å²) in [5.74, 6) is 2.04. The number of carbonyl (C=O) groups is 1. The zero-order chi connectivity index (χ0) is 12.5. The van der Waals surface area contributed by atoms with Crippen LogP contribution in [-0.4, -0.2) is 37.1 Å². The van der Waals surface area contributed by atoms with Crippen molar-refractivity contribution in [3.05, 3.63) is 24.3 Å². The predicted octanol–water partition coefficient (Wildman–Crippen LogP) is 1.69. The third kappa shape index (κ3) is 2.28. The van der Waals surface area contributed by atoms with E-state index in [0.29, 0.717) is 13.2 Å². The first-order valence-electron chi connectivity index (χ1n) is 6.37. The Morgan fingerprint density at radius 3 is 2.78 bits per heavy atom. The second kappa shape index (κ2) is 4.52. The maximum Gasteiger partial charge on any atom is 0.225 e. The molecule has 4 nitrogen and oxygen atoms in total. The second-order valence-corrected chi connectivity index (χ2v) is 4.99. The highest BCUT2D eigenvalue weighted by Crippen LogP contribution is 2.32. The molecule has 1 heterocycles. The van der Waals surface area contributed by atoms with Gasteiger partial charge in [0, 0.05) is 13.0 Å². The topological polar surface area (TPSA) is 38.8 Å². The number of nitrogens with zero attached hydrogens (tertiary/aromatic N) is 1. The summed E-state index contributed by atoms with van der Waals surface area (Å²) in [4.78, 5) is 13.6. The molecule has 0 bridgehead atoms. The number of hydrogen-bond acceptors (Lipinski definition) is 3. The van der Waals surface area contributed by atoms with Crippen LogP contribution in [0.4, 0.5) is 0 Å². The van der Waals surface area contributed by atoms with Gasteiger partial charge in [0.2, 0.25) is 5.91 Å². The number of benzene rings is 1. The molecule has 1 unspecified atom stereocenters. The standard InChI is InChI=1S/C14H17NO3/c1-15(14(16)10-6-7-10)8-11-9-17-12-4-2-3-5-13(12)18-11/h2-5,10-11H,6-9H2,1H3. The van der Waals surface area contributed by atoms with Crippen molar-refractivity contribution in [2.75, 3.05) is 20.2 Å². The van der Waals surface area contributed by atoms with E-state index in [9.17, 15) is 4.79 Å². The van der Waals surface area contributed by atoms with Crippen LogP contribution in [0.2, 0.25) is 0 Å². The van der Waals surface area contributed by atoms with E-state index in [0.717, 1.165) is 24.3 Å². The highest BCUT2D eigenvalue weighted by atomic mass is 16.6. The van der Waals surface area contributed by atoms with Gasteiger partial charge >= 0.3 is 0 Å². The highest BCUT2D eigenvalue weighted by Gasteiger charge is 2.33. The van der Waals surface area contributed by atoms with Crippen LogP contribution in [0.5, 0.6) is 11.5 Å². The molecule has 0 aromatic heterocycles. The van der Waals surface area contributed by atoms with E-state index in [4.69, 9.17) is 9.47 Å². The molecule has 1 atom stereocenters. The van der Waals surface area contributed by atoms with E-state index in [1.165, 1.54) is 0 Å². The Bertz CT molecular complexity index is 456. The molecule has 1 aliphatic heterocycles. The molecule has 0 spiro atoms. The van der Waals surface area contributed by atoms with E-state index in [1.807, 2.05) is 31.3 Å². The first kappa shape index (κ1) is 11.4. The largest absolute Gasteiger partial charge is 0.486 e. The highest BCUT2D eigenvalue weighted by molar-refractivity contribution is 5.80. The van der Waals surface area contributed by atoms with Crippen molar-refractivity contribution < 1.29 is 14.3 Å². The predicted molar refractivity (Wildman–Crippen MR) is 66.7 cm³/mol. The number of carbonyl (C=O) groups excluding carboxylic acids is 1. The smallest absolute Gasteiger partial charge is 0.225 e. The van der Waals surface area contributed by atoms with E-state index in [-0.39, 0.29) is 17.9 Å². The van der Waals surface area contributed by atoms with Gasteiger partial charge in [-0.25, -0.2) is 0 Å². The number of amides is 1. The molecular weight excluding hydrogens is 230 g/mol. The van der Waals surface area contributed by atoms with Crippen LogP contribution >= 0.6 is 0 Å². The summed E-state index contributed by atoms with van der Waals surface area (Å²) in [6.07, 6.45) is 2.00. The molecule has 0 radical (unpaired) electrons. The summed E-state index contributed by atoms with van der Waals surface area (Å²) in [5.41, 5.74) is 0. The molecule has 1 amide bonds. The van der Waals surface area contributed by atoms with Crippen LogP contribution in [0, 0.1) is 5.92 Å². The average Bonchev–Trinajstić information content (AvgIpc) is 3.22. The molecule has 18 heavy (non-hydrogen) atoms. The summed E-state index contributed by atoms with van der Waals surface area (Å²) >= 11 is 0. The van der Waals surface area contributed by atoms with Crippen molar-refractivity contribution in [1.82, 2.24) is 4.90 Å². The third-order valence-corrected chi connectivity index (χ3v) is 3.35. The lowest BCUT2D eigenvalue weighted by Gasteiger charge is -2.29. The van der Waals surface area contributed by atoms with E-state index < -0.39 is 0 Å². The van der Waals surface area contributed by atoms with Gasteiger partial charge in [-0.2, -0.15) is 0 Å². The molecular formula is C14H17NO3. The molecule has 0 saturated heterocycles. The third-order valence-electron chi connectivity index (χ3n) is 3.35. The quantitative estimate of drug-likeness (QED) is 0.816. The van der Waals surface area contributed by atoms with Gasteiger partial charge in [0.1, 0.15) is 6.61 Å². The van der Waals surface area contributed by atoms with E-state index >= 15 is 0 Å². The van der Waals surface area contributed by atoms with Gasteiger partial charge in [0.05, 0.1) is 6.54 Å². The Hall–Kier alpha value is -1.71. The van der Waals surface area contributed by atoms with Crippen LogP contribution < -0.4 is 9.47 Å². The molecule has 1 fully saturated rings. The van der Waals surface area contributed by atoms with Crippen LogP contribution in [0.1, 0.15) is 12.8 Å². The molecule has 0 N–H and O–H groups in total. The number of rotatable bonds is 3. The molecule has 1 saturated carbocycles. The Labute approximate surface area is 106 Å². The van der Waals surface area contributed by atoms with Crippen molar-refractivity contribution in [1.29, 1.82) is 0 Å². The zero-order valence-corrected chi connectivity index (χ0v) is 10.5. The van der Waals surface area contributed by atoms with Crippen LogP contribution in [-0.2, 0) is 4.79 Å². The number of para-hydroxylation sites is 2. The van der Waals surface area contributed by atoms with Gasteiger partial charge in [-0.15, -0.1) is 0 Å². The van der Waals surface area contributed by atoms with Crippen LogP contribution in [0.3, 0.4) is 0 Å². The Kier molecular flexibility index (Phi) is 2.86. The molecule has 1 aromatic rings. The lowest BCUT2D eigenvalue weighted by atomic mass is 10.2. The molecule has 1 aliphatic carbocycles. The van der Waals surface area contributed by atoms with Gasteiger partial charge < -0.3 is 14.4 Å². The number of fused-ring (bicyclic) bond motifs is 1. The van der Waals surface area contributed by atoms with Crippen molar-refractivity contribution in [2.24, 2.45) is 5.92 Å².